The highest BCUT2D eigenvalue weighted by Crippen LogP contribution is 2.24. The van der Waals surface area contributed by atoms with Crippen molar-refractivity contribution in [1.29, 1.82) is 0 Å². The second-order valence-corrected chi connectivity index (χ2v) is 7.13. The van der Waals surface area contributed by atoms with E-state index in [0.29, 0.717) is 5.02 Å². The smallest absolute Gasteiger partial charge is 0.257 e. The number of rotatable bonds is 5. The van der Waals surface area contributed by atoms with Gasteiger partial charge in [-0.1, -0.05) is 29.8 Å². The molecule has 0 atom stereocenters. The van der Waals surface area contributed by atoms with Crippen LogP contribution in [0, 0.1) is 0 Å². The SMILES string of the molecule is COc1ccc(S(N)(=O)=O)cc1C(=O)N(C)Cc1ccccc1Cl. The van der Waals surface area contributed by atoms with Gasteiger partial charge >= 0.3 is 0 Å². The van der Waals surface area contributed by atoms with Crippen LogP contribution >= 0.6 is 11.6 Å². The maximum absolute atomic E-state index is 12.7. The lowest BCUT2D eigenvalue weighted by molar-refractivity contribution is 0.0781. The molecule has 2 rings (SSSR count). The topological polar surface area (TPSA) is 89.7 Å². The zero-order valence-corrected chi connectivity index (χ0v) is 14.8. The number of nitrogens with zero attached hydrogens (tertiary/aromatic N) is 1. The summed E-state index contributed by atoms with van der Waals surface area (Å²) >= 11 is 6.10. The highest BCUT2D eigenvalue weighted by atomic mass is 35.5. The normalized spacial score (nSPS) is 11.2. The molecule has 0 aliphatic rings. The Morgan fingerprint density at radius 1 is 1.25 bits per heavy atom. The van der Waals surface area contributed by atoms with Crippen molar-refractivity contribution in [2.24, 2.45) is 5.14 Å². The van der Waals surface area contributed by atoms with Crippen LogP contribution in [0.15, 0.2) is 47.4 Å². The molecule has 0 fully saturated rings. The summed E-state index contributed by atoms with van der Waals surface area (Å²) in [5, 5.41) is 5.67. The monoisotopic (exact) mass is 368 g/mol. The third-order valence-corrected chi connectivity index (χ3v) is 4.72. The summed E-state index contributed by atoms with van der Waals surface area (Å²) in [6, 6.07) is 11.1. The molecule has 0 aromatic heterocycles. The first kappa shape index (κ1) is 18.3. The number of primary sulfonamides is 1. The van der Waals surface area contributed by atoms with Crippen molar-refractivity contribution in [3.05, 3.63) is 58.6 Å². The number of hydrogen-bond donors (Lipinski definition) is 1. The van der Waals surface area contributed by atoms with E-state index in [1.54, 1.807) is 19.2 Å². The lowest BCUT2D eigenvalue weighted by atomic mass is 10.1. The van der Waals surface area contributed by atoms with Gasteiger partial charge in [-0.3, -0.25) is 4.79 Å². The molecule has 1 amide bonds. The molecule has 0 radical (unpaired) electrons. The van der Waals surface area contributed by atoms with Crippen LogP contribution in [0.4, 0.5) is 0 Å². The summed E-state index contributed by atoms with van der Waals surface area (Å²) in [6.45, 7) is 0.265. The van der Waals surface area contributed by atoms with Gasteiger partial charge in [0.15, 0.2) is 0 Å². The van der Waals surface area contributed by atoms with Gasteiger partial charge in [0.1, 0.15) is 5.75 Å². The van der Waals surface area contributed by atoms with E-state index in [1.807, 2.05) is 12.1 Å². The third-order valence-electron chi connectivity index (χ3n) is 3.44. The van der Waals surface area contributed by atoms with Gasteiger partial charge in [-0.05, 0) is 29.8 Å². The molecule has 0 saturated heterocycles. The Morgan fingerprint density at radius 2 is 1.92 bits per heavy atom. The van der Waals surface area contributed by atoms with E-state index in [1.165, 1.54) is 30.2 Å². The average molecular weight is 369 g/mol. The van der Waals surface area contributed by atoms with E-state index in [-0.39, 0.29) is 22.8 Å². The third kappa shape index (κ3) is 4.05. The molecule has 8 heteroatoms. The van der Waals surface area contributed by atoms with Gasteiger partial charge < -0.3 is 9.64 Å². The molecule has 0 heterocycles. The van der Waals surface area contributed by atoms with Crippen molar-refractivity contribution in [2.45, 2.75) is 11.4 Å². The number of carbonyl (C=O) groups is 1. The Labute approximate surface area is 145 Å². The van der Waals surface area contributed by atoms with E-state index >= 15 is 0 Å². The first-order chi connectivity index (χ1) is 11.2. The number of hydrogen-bond acceptors (Lipinski definition) is 4. The molecule has 0 spiro atoms. The predicted octanol–water partition coefficient (Wildman–Crippen LogP) is 2.27. The zero-order valence-electron chi connectivity index (χ0n) is 13.2. The van der Waals surface area contributed by atoms with Gasteiger partial charge in [-0.25, -0.2) is 13.6 Å². The second-order valence-electron chi connectivity index (χ2n) is 5.16. The summed E-state index contributed by atoms with van der Waals surface area (Å²) in [4.78, 5) is 14.0. The molecule has 0 unspecified atom stereocenters. The quantitative estimate of drug-likeness (QED) is 0.876. The number of amides is 1. The number of sulfonamides is 1. The van der Waals surface area contributed by atoms with Crippen LogP contribution in [0.25, 0.3) is 0 Å². The molecule has 2 aromatic carbocycles. The highest BCUT2D eigenvalue weighted by molar-refractivity contribution is 7.89. The Kier molecular flexibility index (Phi) is 5.48. The second kappa shape index (κ2) is 7.21. The first-order valence-corrected chi connectivity index (χ1v) is 8.86. The minimum atomic E-state index is -3.92. The van der Waals surface area contributed by atoms with Crippen LogP contribution in [0.3, 0.4) is 0 Å². The number of carbonyl (C=O) groups excluding carboxylic acids is 1. The molecule has 128 valence electrons. The molecule has 2 N–H and O–H groups in total. The average Bonchev–Trinajstić information content (AvgIpc) is 2.54. The Hall–Kier alpha value is -2.09. The highest BCUT2D eigenvalue weighted by Gasteiger charge is 2.20. The molecule has 6 nitrogen and oxygen atoms in total. The molecule has 0 aliphatic heterocycles. The molecule has 0 bridgehead atoms. The number of benzene rings is 2. The van der Waals surface area contributed by atoms with Crippen LogP contribution in [0.5, 0.6) is 5.75 Å². The Balaban J connectivity index is 2.36. The van der Waals surface area contributed by atoms with E-state index in [4.69, 9.17) is 21.5 Å². The maximum Gasteiger partial charge on any atom is 0.257 e. The van der Waals surface area contributed by atoms with E-state index < -0.39 is 15.9 Å². The van der Waals surface area contributed by atoms with Crippen LogP contribution < -0.4 is 9.88 Å². The van der Waals surface area contributed by atoms with Crippen molar-refractivity contribution in [3.63, 3.8) is 0 Å². The summed E-state index contributed by atoms with van der Waals surface area (Å²) in [5.41, 5.74) is 0.884. The summed E-state index contributed by atoms with van der Waals surface area (Å²) in [5.74, 6) is -0.143. The predicted molar refractivity (Wildman–Crippen MR) is 91.6 cm³/mol. The standard InChI is InChI=1S/C16H17ClN2O4S/c1-19(10-11-5-3-4-6-14(11)17)16(20)13-9-12(24(18,21)22)7-8-15(13)23-2/h3-9H,10H2,1-2H3,(H2,18,21,22). The van der Waals surface area contributed by atoms with Crippen LogP contribution in [0.1, 0.15) is 15.9 Å². The van der Waals surface area contributed by atoms with Crippen molar-refractivity contribution in [1.82, 2.24) is 4.90 Å². The molecule has 0 aliphatic carbocycles. The number of halogens is 1. The Morgan fingerprint density at radius 3 is 2.50 bits per heavy atom. The van der Waals surface area contributed by atoms with Crippen LogP contribution in [0.2, 0.25) is 5.02 Å². The van der Waals surface area contributed by atoms with Gasteiger partial charge in [0.05, 0.1) is 17.6 Å². The molecule has 24 heavy (non-hydrogen) atoms. The summed E-state index contributed by atoms with van der Waals surface area (Å²) in [6.07, 6.45) is 0. The van der Waals surface area contributed by atoms with Gasteiger partial charge in [0, 0.05) is 18.6 Å². The molecular formula is C16H17ClN2O4S. The van der Waals surface area contributed by atoms with Gasteiger partial charge in [0.25, 0.3) is 5.91 Å². The molecule has 0 saturated carbocycles. The largest absolute Gasteiger partial charge is 0.496 e. The summed E-state index contributed by atoms with van der Waals surface area (Å²) in [7, 11) is -0.931. The first-order valence-electron chi connectivity index (χ1n) is 6.93. The maximum atomic E-state index is 12.7. The van der Waals surface area contributed by atoms with Gasteiger partial charge in [-0.2, -0.15) is 0 Å². The fourth-order valence-corrected chi connectivity index (χ4v) is 2.93. The van der Waals surface area contributed by atoms with E-state index in [2.05, 4.69) is 0 Å². The zero-order chi connectivity index (χ0) is 17.9. The van der Waals surface area contributed by atoms with Crippen LogP contribution in [-0.4, -0.2) is 33.4 Å². The Bertz CT molecular complexity index is 868. The lowest BCUT2D eigenvalue weighted by Crippen LogP contribution is -2.27. The molecular weight excluding hydrogens is 352 g/mol. The number of methoxy groups -OCH3 is 1. The van der Waals surface area contributed by atoms with Crippen molar-refractivity contribution in [2.75, 3.05) is 14.2 Å². The van der Waals surface area contributed by atoms with Crippen LogP contribution in [-0.2, 0) is 16.6 Å². The minimum Gasteiger partial charge on any atom is -0.496 e. The summed E-state index contributed by atoms with van der Waals surface area (Å²) < 4.78 is 28.2. The van der Waals surface area contributed by atoms with Crippen molar-refractivity contribution < 1.29 is 17.9 Å². The van der Waals surface area contributed by atoms with Gasteiger partial charge in [0.2, 0.25) is 10.0 Å². The van der Waals surface area contributed by atoms with E-state index in [9.17, 15) is 13.2 Å². The fourth-order valence-electron chi connectivity index (χ4n) is 2.19. The lowest BCUT2D eigenvalue weighted by Gasteiger charge is -2.19. The minimum absolute atomic E-state index is 0.110. The molecule has 2 aromatic rings. The number of ether oxygens (including phenoxy) is 1. The fraction of sp³-hybridized carbons (Fsp3) is 0.188. The van der Waals surface area contributed by atoms with E-state index in [0.717, 1.165) is 5.56 Å². The van der Waals surface area contributed by atoms with Crippen molar-refractivity contribution >= 4 is 27.5 Å². The van der Waals surface area contributed by atoms with Crippen molar-refractivity contribution in [3.8, 4) is 5.75 Å². The number of nitrogens with two attached hydrogens (primary N) is 1. The van der Waals surface area contributed by atoms with Gasteiger partial charge in [-0.15, -0.1) is 0 Å².